The van der Waals surface area contributed by atoms with Crippen LogP contribution < -0.4 is 5.32 Å². The first-order valence-electron chi connectivity index (χ1n) is 11.6. The molecule has 12 nitrogen and oxygen atoms in total. The highest BCUT2D eigenvalue weighted by atomic mass is 16.6. The van der Waals surface area contributed by atoms with E-state index in [9.17, 15) is 14.4 Å². The van der Waals surface area contributed by atoms with Crippen molar-refractivity contribution in [3.05, 3.63) is 0 Å². The molecule has 0 fully saturated rings. The van der Waals surface area contributed by atoms with Crippen LogP contribution in [0.15, 0.2) is 0 Å². The lowest BCUT2D eigenvalue weighted by atomic mass is 10.3. The minimum absolute atomic E-state index is 0.00889. The van der Waals surface area contributed by atoms with E-state index in [1.807, 2.05) is 0 Å². The van der Waals surface area contributed by atoms with Gasteiger partial charge in [-0.1, -0.05) is 5.92 Å². The number of aliphatic carboxylic acids is 1. The first kappa shape index (κ1) is 32.7. The van der Waals surface area contributed by atoms with Gasteiger partial charge in [0.05, 0.1) is 79.1 Å². The largest absolute Gasteiger partial charge is 0.481 e. The Bertz CT molecular complexity index is 580. The van der Waals surface area contributed by atoms with Gasteiger partial charge < -0.3 is 43.6 Å². The van der Waals surface area contributed by atoms with Gasteiger partial charge in [0.1, 0.15) is 0 Å². The Hall–Kier alpha value is -2.27. The van der Waals surface area contributed by atoms with Gasteiger partial charge >= 0.3 is 11.9 Å². The quantitative estimate of drug-likeness (QED) is 0.0931. The Morgan fingerprint density at radius 3 is 1.69 bits per heavy atom. The van der Waals surface area contributed by atoms with Gasteiger partial charge in [0.25, 0.3) is 0 Å². The Morgan fingerprint density at radius 1 is 0.657 bits per heavy atom. The van der Waals surface area contributed by atoms with Crippen LogP contribution in [0.1, 0.15) is 25.7 Å². The number of hydrogen-bond donors (Lipinski definition) is 2. The van der Waals surface area contributed by atoms with Crippen LogP contribution in [0.5, 0.6) is 0 Å². The Kier molecular flexibility index (Phi) is 24.6. The number of carbonyl (C=O) groups is 3. The third-order valence-electron chi connectivity index (χ3n) is 3.98. The van der Waals surface area contributed by atoms with Crippen LogP contribution in [0, 0.1) is 12.3 Å². The number of carbonyl (C=O) groups excluding carboxylic acids is 2. The number of carboxylic acids is 1. The van der Waals surface area contributed by atoms with E-state index >= 15 is 0 Å². The second kappa shape index (κ2) is 26.3. The van der Waals surface area contributed by atoms with Crippen molar-refractivity contribution in [1.29, 1.82) is 0 Å². The Labute approximate surface area is 206 Å². The topological polar surface area (TPSA) is 148 Å². The standard InChI is InChI=1S/C23H39NO11/c1-2-8-35-23(28)4-3-9-29-13-17-33-18-14-30-10-5-21(25)24-7-12-32-16-20-34-19-15-31-11-6-22(26)27/h1H,3-20H2,(H,24,25)(H,26,27). The zero-order chi connectivity index (χ0) is 25.8. The van der Waals surface area contributed by atoms with Gasteiger partial charge in [-0.25, -0.2) is 0 Å². The van der Waals surface area contributed by atoms with E-state index < -0.39 is 5.97 Å². The van der Waals surface area contributed by atoms with Crippen molar-refractivity contribution in [2.75, 3.05) is 92.4 Å². The highest BCUT2D eigenvalue weighted by Crippen LogP contribution is 1.94. The number of amides is 1. The summed E-state index contributed by atoms with van der Waals surface area (Å²) >= 11 is 0. The van der Waals surface area contributed by atoms with Crippen molar-refractivity contribution >= 4 is 17.8 Å². The van der Waals surface area contributed by atoms with E-state index in [-0.39, 0.29) is 44.4 Å². The molecule has 0 aliphatic rings. The molecule has 0 aliphatic carbocycles. The lowest BCUT2D eigenvalue weighted by Crippen LogP contribution is -2.28. The lowest BCUT2D eigenvalue weighted by Gasteiger charge is -2.08. The summed E-state index contributed by atoms with van der Waals surface area (Å²) in [7, 11) is 0. The van der Waals surface area contributed by atoms with Crippen molar-refractivity contribution in [2.45, 2.75) is 25.7 Å². The predicted molar refractivity (Wildman–Crippen MR) is 124 cm³/mol. The van der Waals surface area contributed by atoms with Crippen molar-refractivity contribution in [2.24, 2.45) is 0 Å². The van der Waals surface area contributed by atoms with E-state index in [1.165, 1.54) is 0 Å². The molecule has 0 saturated heterocycles. The lowest BCUT2D eigenvalue weighted by molar-refractivity contribution is -0.142. The minimum atomic E-state index is -0.893. The van der Waals surface area contributed by atoms with Gasteiger partial charge in [-0.05, 0) is 6.42 Å². The number of hydrogen-bond acceptors (Lipinski definition) is 10. The van der Waals surface area contributed by atoms with Crippen molar-refractivity contribution in [1.82, 2.24) is 5.32 Å². The summed E-state index contributed by atoms with van der Waals surface area (Å²) in [5, 5.41) is 11.2. The van der Waals surface area contributed by atoms with Gasteiger partial charge in [0.2, 0.25) is 5.91 Å². The molecule has 35 heavy (non-hydrogen) atoms. The zero-order valence-corrected chi connectivity index (χ0v) is 20.3. The number of ether oxygens (including phenoxy) is 7. The molecule has 2 N–H and O–H groups in total. The molecule has 0 rings (SSSR count). The van der Waals surface area contributed by atoms with Gasteiger partial charge in [-0.15, -0.1) is 6.42 Å². The van der Waals surface area contributed by atoms with Crippen LogP contribution in [0.2, 0.25) is 0 Å². The molecule has 0 spiro atoms. The zero-order valence-electron chi connectivity index (χ0n) is 20.3. The summed E-state index contributed by atoms with van der Waals surface area (Å²) in [6.45, 7) is 4.75. The van der Waals surface area contributed by atoms with Crippen molar-refractivity contribution in [3.8, 4) is 12.3 Å². The fourth-order valence-corrected chi connectivity index (χ4v) is 2.27. The summed E-state index contributed by atoms with van der Waals surface area (Å²) in [6.07, 6.45) is 6.04. The number of nitrogens with one attached hydrogen (secondary N) is 1. The molecule has 12 heteroatoms. The van der Waals surface area contributed by atoms with Crippen molar-refractivity contribution in [3.63, 3.8) is 0 Å². The molecular weight excluding hydrogens is 466 g/mol. The predicted octanol–water partition coefficient (Wildman–Crippen LogP) is 0.0236. The maximum atomic E-state index is 11.7. The average molecular weight is 506 g/mol. The van der Waals surface area contributed by atoms with E-state index in [0.29, 0.717) is 85.6 Å². The molecule has 0 saturated carbocycles. The van der Waals surface area contributed by atoms with E-state index in [4.69, 9.17) is 44.7 Å². The highest BCUT2D eigenvalue weighted by Gasteiger charge is 2.02. The summed E-state index contributed by atoms with van der Waals surface area (Å²) in [5.74, 6) is 0.878. The summed E-state index contributed by atoms with van der Waals surface area (Å²) in [5.41, 5.74) is 0. The van der Waals surface area contributed by atoms with Gasteiger partial charge in [0.15, 0.2) is 6.61 Å². The van der Waals surface area contributed by atoms with Crippen LogP contribution in [0.4, 0.5) is 0 Å². The summed E-state index contributed by atoms with van der Waals surface area (Å²) in [6, 6.07) is 0. The van der Waals surface area contributed by atoms with E-state index in [0.717, 1.165) is 0 Å². The maximum Gasteiger partial charge on any atom is 0.306 e. The highest BCUT2D eigenvalue weighted by molar-refractivity contribution is 5.75. The fourth-order valence-electron chi connectivity index (χ4n) is 2.27. The molecule has 0 radical (unpaired) electrons. The molecule has 0 aromatic rings. The van der Waals surface area contributed by atoms with Gasteiger partial charge in [-0.2, -0.15) is 0 Å². The molecule has 0 unspecified atom stereocenters. The number of terminal acetylenes is 1. The van der Waals surface area contributed by atoms with Gasteiger partial charge in [0, 0.05) is 26.0 Å². The first-order chi connectivity index (χ1) is 17.1. The smallest absolute Gasteiger partial charge is 0.306 e. The first-order valence-corrected chi connectivity index (χ1v) is 11.6. The number of esters is 1. The molecule has 0 bridgehead atoms. The van der Waals surface area contributed by atoms with Crippen LogP contribution >= 0.6 is 0 Å². The number of carboxylic acid groups (broad SMARTS) is 1. The molecule has 1 amide bonds. The summed E-state index contributed by atoms with van der Waals surface area (Å²) < 4.78 is 36.5. The number of rotatable bonds is 26. The Morgan fingerprint density at radius 2 is 1.14 bits per heavy atom. The molecule has 0 aromatic carbocycles. The maximum absolute atomic E-state index is 11.7. The molecule has 202 valence electrons. The van der Waals surface area contributed by atoms with E-state index in [2.05, 4.69) is 11.2 Å². The van der Waals surface area contributed by atoms with Crippen LogP contribution in [-0.2, 0) is 47.5 Å². The minimum Gasteiger partial charge on any atom is -0.481 e. The molecule has 0 aliphatic heterocycles. The van der Waals surface area contributed by atoms with Crippen molar-refractivity contribution < 1.29 is 52.6 Å². The second-order valence-electron chi connectivity index (χ2n) is 6.89. The van der Waals surface area contributed by atoms with Crippen LogP contribution in [0.3, 0.4) is 0 Å². The molecule has 0 aromatic heterocycles. The third-order valence-corrected chi connectivity index (χ3v) is 3.98. The fraction of sp³-hybridized carbons (Fsp3) is 0.783. The Balaban J connectivity index is 3.22. The third kappa shape index (κ3) is 27.9. The molecular formula is C23H39NO11. The van der Waals surface area contributed by atoms with Crippen LogP contribution in [-0.4, -0.2) is 115 Å². The SMILES string of the molecule is C#CCOC(=O)CCCOCCOCCOCCC(=O)NCCOCCOCCOCCC(=O)O. The average Bonchev–Trinajstić information content (AvgIpc) is 2.83. The normalized spacial score (nSPS) is 10.6. The summed E-state index contributed by atoms with van der Waals surface area (Å²) in [4.78, 5) is 33.2. The van der Waals surface area contributed by atoms with Crippen LogP contribution in [0.25, 0.3) is 0 Å². The molecule has 0 heterocycles. The van der Waals surface area contributed by atoms with E-state index in [1.54, 1.807) is 0 Å². The molecule has 0 atom stereocenters. The van der Waals surface area contributed by atoms with Gasteiger partial charge in [-0.3, -0.25) is 14.4 Å². The monoisotopic (exact) mass is 505 g/mol. The second-order valence-corrected chi connectivity index (χ2v) is 6.89.